The van der Waals surface area contributed by atoms with E-state index < -0.39 is 17.5 Å². The zero-order valence-electron chi connectivity index (χ0n) is 8.71. The number of carboxylic acid groups (broad SMARTS) is 1. The van der Waals surface area contributed by atoms with Crippen molar-refractivity contribution in [3.05, 3.63) is 35.7 Å². The van der Waals surface area contributed by atoms with Gasteiger partial charge in [-0.25, -0.2) is 9.59 Å². The standard InChI is InChI=1S/C11H11NO4/c1-2-16-11(15)9(10(13)14)6-8-4-3-5-12-7-8/h3-7H,2H2,1H3,(H,13,14)/b9-6+. The third-order valence-corrected chi connectivity index (χ3v) is 1.72. The Bertz CT molecular complexity index is 411. The molecule has 0 aliphatic heterocycles. The van der Waals surface area contributed by atoms with E-state index in [-0.39, 0.29) is 6.61 Å². The van der Waals surface area contributed by atoms with E-state index in [0.29, 0.717) is 5.56 Å². The van der Waals surface area contributed by atoms with Crippen molar-refractivity contribution < 1.29 is 19.4 Å². The molecule has 5 nitrogen and oxygen atoms in total. The molecule has 1 aromatic rings. The first-order valence-electron chi connectivity index (χ1n) is 4.67. The van der Waals surface area contributed by atoms with Crippen molar-refractivity contribution in [2.24, 2.45) is 0 Å². The van der Waals surface area contributed by atoms with Crippen LogP contribution >= 0.6 is 0 Å². The van der Waals surface area contributed by atoms with Gasteiger partial charge in [0.05, 0.1) is 6.61 Å². The number of carbonyl (C=O) groups excluding carboxylic acids is 1. The molecule has 0 bridgehead atoms. The summed E-state index contributed by atoms with van der Waals surface area (Å²) in [4.78, 5) is 25.9. The largest absolute Gasteiger partial charge is 0.477 e. The lowest BCUT2D eigenvalue weighted by Gasteiger charge is -2.02. The van der Waals surface area contributed by atoms with E-state index in [1.165, 1.54) is 12.3 Å². The molecule has 0 spiro atoms. The van der Waals surface area contributed by atoms with Gasteiger partial charge in [0.1, 0.15) is 5.57 Å². The minimum Gasteiger partial charge on any atom is -0.477 e. The van der Waals surface area contributed by atoms with Crippen LogP contribution in [0.1, 0.15) is 12.5 Å². The molecule has 0 radical (unpaired) electrons. The predicted octanol–water partition coefficient (Wildman–Crippen LogP) is 1.11. The first kappa shape index (κ1) is 11.9. The minimum absolute atomic E-state index is 0.135. The van der Waals surface area contributed by atoms with Gasteiger partial charge in [0.15, 0.2) is 0 Å². The Morgan fingerprint density at radius 1 is 1.56 bits per heavy atom. The molecule has 0 aliphatic rings. The van der Waals surface area contributed by atoms with Crippen molar-refractivity contribution in [1.82, 2.24) is 4.98 Å². The Kier molecular flexibility index (Phi) is 4.20. The van der Waals surface area contributed by atoms with Gasteiger partial charge in [0, 0.05) is 12.4 Å². The molecule has 5 heteroatoms. The van der Waals surface area contributed by atoms with Crippen LogP contribution in [0.3, 0.4) is 0 Å². The van der Waals surface area contributed by atoms with Gasteiger partial charge in [-0.05, 0) is 24.6 Å². The van der Waals surface area contributed by atoms with Gasteiger partial charge in [-0.1, -0.05) is 6.07 Å². The molecule has 0 amide bonds. The lowest BCUT2D eigenvalue weighted by molar-refractivity contribution is -0.143. The van der Waals surface area contributed by atoms with Crippen molar-refractivity contribution in [2.45, 2.75) is 6.92 Å². The zero-order valence-corrected chi connectivity index (χ0v) is 8.71. The number of esters is 1. The Morgan fingerprint density at radius 2 is 2.31 bits per heavy atom. The lowest BCUT2D eigenvalue weighted by Crippen LogP contribution is -2.15. The van der Waals surface area contributed by atoms with Crippen LogP contribution in [0, 0.1) is 0 Å². The van der Waals surface area contributed by atoms with Crippen LogP contribution in [-0.4, -0.2) is 28.6 Å². The SMILES string of the molecule is CCOC(=O)/C(=C/c1cccnc1)C(=O)O. The smallest absolute Gasteiger partial charge is 0.345 e. The second-order valence-electron chi connectivity index (χ2n) is 2.87. The van der Waals surface area contributed by atoms with E-state index in [1.807, 2.05) is 0 Å². The van der Waals surface area contributed by atoms with E-state index >= 15 is 0 Å². The van der Waals surface area contributed by atoms with Crippen molar-refractivity contribution in [3.8, 4) is 0 Å². The first-order chi connectivity index (χ1) is 7.65. The summed E-state index contributed by atoms with van der Waals surface area (Å²) < 4.78 is 4.63. The zero-order chi connectivity index (χ0) is 12.0. The topological polar surface area (TPSA) is 76.5 Å². The summed E-state index contributed by atoms with van der Waals surface area (Å²) in [5.41, 5.74) is 0.128. The highest BCUT2D eigenvalue weighted by Gasteiger charge is 2.18. The number of hydrogen-bond acceptors (Lipinski definition) is 4. The summed E-state index contributed by atoms with van der Waals surface area (Å²) in [6.45, 7) is 1.75. The van der Waals surface area contributed by atoms with Crippen LogP contribution in [0.2, 0.25) is 0 Å². The number of hydrogen-bond donors (Lipinski definition) is 1. The average molecular weight is 221 g/mol. The monoisotopic (exact) mass is 221 g/mol. The fourth-order valence-corrected chi connectivity index (χ4v) is 1.04. The van der Waals surface area contributed by atoms with Gasteiger partial charge in [0.25, 0.3) is 0 Å². The summed E-state index contributed by atoms with van der Waals surface area (Å²) in [5, 5.41) is 8.84. The summed E-state index contributed by atoms with van der Waals surface area (Å²) in [6, 6.07) is 3.30. The number of nitrogens with zero attached hydrogens (tertiary/aromatic N) is 1. The molecule has 1 rings (SSSR count). The maximum Gasteiger partial charge on any atom is 0.345 e. The molecule has 0 atom stereocenters. The maximum atomic E-state index is 11.3. The van der Waals surface area contributed by atoms with Gasteiger partial charge in [-0.2, -0.15) is 0 Å². The fourth-order valence-electron chi connectivity index (χ4n) is 1.04. The van der Waals surface area contributed by atoms with Crippen LogP contribution < -0.4 is 0 Å². The van der Waals surface area contributed by atoms with E-state index in [2.05, 4.69) is 9.72 Å². The van der Waals surface area contributed by atoms with Crippen LogP contribution in [0.5, 0.6) is 0 Å². The molecular formula is C11H11NO4. The van der Waals surface area contributed by atoms with Gasteiger partial charge in [-0.15, -0.1) is 0 Å². The predicted molar refractivity (Wildman–Crippen MR) is 56.5 cm³/mol. The normalized spacial score (nSPS) is 10.9. The summed E-state index contributed by atoms with van der Waals surface area (Å²) in [7, 11) is 0. The highest BCUT2D eigenvalue weighted by molar-refractivity contribution is 6.16. The summed E-state index contributed by atoms with van der Waals surface area (Å²) in [5.74, 6) is -2.17. The molecule has 1 aromatic heterocycles. The Labute approximate surface area is 92.4 Å². The van der Waals surface area contributed by atoms with Gasteiger partial charge >= 0.3 is 11.9 Å². The fraction of sp³-hybridized carbons (Fsp3) is 0.182. The molecule has 0 fully saturated rings. The number of pyridine rings is 1. The number of aromatic nitrogens is 1. The molecule has 0 aliphatic carbocycles. The molecule has 0 unspecified atom stereocenters. The van der Waals surface area contributed by atoms with E-state index in [0.717, 1.165) is 0 Å². The minimum atomic E-state index is -1.32. The second-order valence-corrected chi connectivity index (χ2v) is 2.87. The van der Waals surface area contributed by atoms with Gasteiger partial charge in [-0.3, -0.25) is 4.98 Å². The average Bonchev–Trinajstić information content (AvgIpc) is 2.27. The number of ether oxygens (including phenoxy) is 1. The van der Waals surface area contributed by atoms with E-state index in [9.17, 15) is 9.59 Å². The molecule has 0 saturated carbocycles. The van der Waals surface area contributed by atoms with Gasteiger partial charge < -0.3 is 9.84 Å². The first-order valence-corrected chi connectivity index (χ1v) is 4.67. The maximum absolute atomic E-state index is 11.3. The van der Waals surface area contributed by atoms with Crippen molar-refractivity contribution in [2.75, 3.05) is 6.61 Å². The molecule has 1 heterocycles. The van der Waals surface area contributed by atoms with Crippen molar-refractivity contribution in [3.63, 3.8) is 0 Å². The van der Waals surface area contributed by atoms with Crippen LogP contribution in [0.25, 0.3) is 6.08 Å². The van der Waals surface area contributed by atoms with E-state index in [1.54, 1.807) is 25.3 Å². The summed E-state index contributed by atoms with van der Waals surface area (Å²) >= 11 is 0. The highest BCUT2D eigenvalue weighted by Crippen LogP contribution is 2.07. The third kappa shape index (κ3) is 3.20. The lowest BCUT2D eigenvalue weighted by atomic mass is 10.1. The van der Waals surface area contributed by atoms with Crippen molar-refractivity contribution >= 4 is 18.0 Å². The highest BCUT2D eigenvalue weighted by atomic mass is 16.5. The van der Waals surface area contributed by atoms with Gasteiger partial charge in [0.2, 0.25) is 0 Å². The number of rotatable bonds is 4. The Hall–Kier alpha value is -2.17. The third-order valence-electron chi connectivity index (χ3n) is 1.72. The van der Waals surface area contributed by atoms with Crippen LogP contribution in [0.15, 0.2) is 30.1 Å². The molecule has 0 saturated heterocycles. The number of carboxylic acids is 1. The van der Waals surface area contributed by atoms with Crippen LogP contribution in [0.4, 0.5) is 0 Å². The quantitative estimate of drug-likeness (QED) is 0.356. The molecule has 1 N–H and O–H groups in total. The molecule has 16 heavy (non-hydrogen) atoms. The Morgan fingerprint density at radius 3 is 2.81 bits per heavy atom. The number of aliphatic carboxylic acids is 1. The van der Waals surface area contributed by atoms with Crippen molar-refractivity contribution in [1.29, 1.82) is 0 Å². The second kappa shape index (κ2) is 5.65. The van der Waals surface area contributed by atoms with Crippen LogP contribution in [-0.2, 0) is 14.3 Å². The molecule has 0 aromatic carbocycles. The number of carbonyl (C=O) groups is 2. The van der Waals surface area contributed by atoms with E-state index in [4.69, 9.17) is 5.11 Å². The Balaban J connectivity index is 2.99. The molecular weight excluding hydrogens is 210 g/mol. The molecule has 84 valence electrons. The summed E-state index contributed by atoms with van der Waals surface area (Å²) in [6.07, 6.45) is 4.25.